The van der Waals surface area contributed by atoms with Crippen LogP contribution in [0, 0.1) is 11.8 Å². The molecule has 5 N–H and O–H groups in total. The maximum Gasteiger partial charge on any atom is 0.416 e. The van der Waals surface area contributed by atoms with Gasteiger partial charge < -0.3 is 45.8 Å². The second-order valence-electron chi connectivity index (χ2n) is 17.5. The van der Waals surface area contributed by atoms with E-state index < -0.39 is 59.9 Å². The minimum absolute atomic E-state index is 0.202. The van der Waals surface area contributed by atoms with Gasteiger partial charge in [0.2, 0.25) is 23.6 Å². The zero-order valence-corrected chi connectivity index (χ0v) is 37.9. The first-order chi connectivity index (χ1) is 31.4. The number of ether oxygens (including phenoxy) is 1. The number of halogens is 3. The molecule has 3 aromatic rings. The largest absolute Gasteiger partial charge is 0.465 e. The zero-order valence-electron chi connectivity index (χ0n) is 37.9. The Bertz CT molecular complexity index is 2210. The number of amides is 6. The van der Waals surface area contributed by atoms with Crippen LogP contribution in [0.3, 0.4) is 0 Å². The Morgan fingerprint density at radius 3 is 1.47 bits per heavy atom. The second-order valence-corrected chi connectivity index (χ2v) is 17.5. The Balaban J connectivity index is 1.17. The minimum atomic E-state index is -4.52. The molecule has 0 saturated carbocycles. The van der Waals surface area contributed by atoms with Crippen LogP contribution in [0.2, 0.25) is 0 Å². The third-order valence-corrected chi connectivity index (χ3v) is 13.4. The summed E-state index contributed by atoms with van der Waals surface area (Å²) in [6.45, 7) is 8.09. The average Bonchev–Trinajstić information content (AvgIpc) is 4.10. The lowest BCUT2D eigenvalue weighted by atomic mass is 9.97. The highest BCUT2D eigenvalue weighted by molar-refractivity contribution is 5.99. The van der Waals surface area contributed by atoms with Crippen LogP contribution in [-0.4, -0.2) is 95.1 Å². The number of hydrogen-bond acceptors (Lipinski definition) is 8. The topological polar surface area (TPSA) is 190 Å². The lowest BCUT2D eigenvalue weighted by Gasteiger charge is -2.34. The molecule has 18 heteroatoms. The van der Waals surface area contributed by atoms with Gasteiger partial charge in [0.25, 0.3) is 0 Å². The van der Waals surface area contributed by atoms with Crippen LogP contribution in [0.4, 0.5) is 39.8 Å². The number of benzene rings is 3. The van der Waals surface area contributed by atoms with Crippen molar-refractivity contribution in [2.45, 2.75) is 121 Å². The van der Waals surface area contributed by atoms with Gasteiger partial charge in [-0.15, -0.1) is 0 Å². The molecule has 6 amide bonds. The average molecular weight is 920 g/mol. The summed E-state index contributed by atoms with van der Waals surface area (Å²) in [5.41, 5.74) is 2.52. The van der Waals surface area contributed by atoms with Gasteiger partial charge in [-0.1, -0.05) is 64.8 Å². The van der Waals surface area contributed by atoms with Crippen LogP contribution < -0.4 is 26.2 Å². The van der Waals surface area contributed by atoms with Crippen LogP contribution in [0.25, 0.3) is 0 Å². The molecule has 3 aromatic carbocycles. The van der Waals surface area contributed by atoms with Gasteiger partial charge in [-0.2, -0.15) is 13.2 Å². The van der Waals surface area contributed by atoms with Gasteiger partial charge in [-0.25, -0.2) is 9.59 Å². The maximum atomic E-state index is 13.7. The third-order valence-electron chi connectivity index (χ3n) is 13.4. The van der Waals surface area contributed by atoms with Crippen molar-refractivity contribution in [1.82, 2.24) is 20.4 Å². The Hall–Kier alpha value is -6.33. The highest BCUT2D eigenvalue weighted by Crippen LogP contribution is 2.47. The standard InChI is InChI=1S/C48H60F3N7O8/c1-6-28(3)40(54-46(63)64)44(61)56-26-8-10-38(56)42(59)52-33-18-12-30(13-19-33)36-24-25-37(58(36)35-22-16-32(17-23-35)48(49,50)51)31-14-20-34(21-15-31)53-43(60)39-11-9-27-57(39)45(62)41(29(4)7-2)55-47(65)66-5/h12-23,28-29,36-41,54H,6-11,24-27H2,1-5H3,(H,52,59)(H,53,60)(H,55,65)(H,63,64)/t28-,29-,36+,37+,38-,39?,40-,41-/m0/s1. The van der Waals surface area contributed by atoms with Crippen molar-refractivity contribution in [3.8, 4) is 0 Å². The normalized spacial score (nSPS) is 21.4. The van der Waals surface area contributed by atoms with E-state index in [1.165, 1.54) is 29.0 Å². The van der Waals surface area contributed by atoms with Crippen LogP contribution >= 0.6 is 0 Å². The Morgan fingerprint density at radius 2 is 1.09 bits per heavy atom. The first kappa shape index (κ1) is 49.1. The highest BCUT2D eigenvalue weighted by atomic mass is 19.4. The number of alkyl halides is 3. The fourth-order valence-corrected chi connectivity index (χ4v) is 9.32. The van der Waals surface area contributed by atoms with Gasteiger partial charge in [0.15, 0.2) is 0 Å². The molecule has 3 aliphatic rings. The van der Waals surface area contributed by atoms with Gasteiger partial charge in [0.1, 0.15) is 24.2 Å². The van der Waals surface area contributed by atoms with E-state index in [2.05, 4.69) is 26.2 Å². The lowest BCUT2D eigenvalue weighted by Crippen LogP contribution is -2.54. The summed E-state index contributed by atoms with van der Waals surface area (Å²) in [6.07, 6.45) is -2.03. The highest BCUT2D eigenvalue weighted by Gasteiger charge is 2.42. The molecule has 3 heterocycles. The molecule has 3 fully saturated rings. The van der Waals surface area contributed by atoms with Crippen LogP contribution in [-0.2, 0) is 30.1 Å². The molecule has 356 valence electrons. The molecule has 0 aromatic heterocycles. The number of nitrogens with one attached hydrogen (secondary N) is 4. The molecule has 0 radical (unpaired) electrons. The van der Waals surface area contributed by atoms with Crippen molar-refractivity contribution in [3.05, 3.63) is 89.5 Å². The maximum absolute atomic E-state index is 13.7. The number of carboxylic acid groups (broad SMARTS) is 1. The van der Waals surface area contributed by atoms with Gasteiger partial charge >= 0.3 is 18.4 Å². The molecular weight excluding hydrogens is 860 g/mol. The van der Waals surface area contributed by atoms with Crippen LogP contribution in [0.1, 0.15) is 108 Å². The van der Waals surface area contributed by atoms with Crippen molar-refractivity contribution in [2.75, 3.05) is 35.7 Å². The second kappa shape index (κ2) is 21.3. The molecule has 3 saturated heterocycles. The summed E-state index contributed by atoms with van der Waals surface area (Å²) in [4.78, 5) is 83.1. The first-order valence-corrected chi connectivity index (χ1v) is 22.7. The van der Waals surface area contributed by atoms with Gasteiger partial charge in [-0.05, 0) is 110 Å². The van der Waals surface area contributed by atoms with E-state index in [1.807, 2.05) is 45.0 Å². The summed E-state index contributed by atoms with van der Waals surface area (Å²) in [7, 11) is 1.22. The van der Waals surface area contributed by atoms with E-state index in [-0.39, 0.29) is 35.7 Å². The van der Waals surface area contributed by atoms with E-state index in [4.69, 9.17) is 4.74 Å². The van der Waals surface area contributed by atoms with Crippen LogP contribution in [0.5, 0.6) is 0 Å². The van der Waals surface area contributed by atoms with Crippen LogP contribution in [0.15, 0.2) is 72.8 Å². The van der Waals surface area contributed by atoms with E-state index in [0.29, 0.717) is 81.5 Å². The number of likely N-dealkylation sites (tertiary alicyclic amines) is 2. The molecular formula is C48H60F3N7O8. The monoisotopic (exact) mass is 919 g/mol. The fourth-order valence-electron chi connectivity index (χ4n) is 9.32. The molecule has 3 aliphatic heterocycles. The molecule has 66 heavy (non-hydrogen) atoms. The van der Waals surface area contributed by atoms with E-state index in [1.54, 1.807) is 31.2 Å². The number of carbonyl (C=O) groups excluding carboxylic acids is 5. The van der Waals surface area contributed by atoms with Crippen molar-refractivity contribution < 1.29 is 51.8 Å². The molecule has 0 spiro atoms. The number of rotatable bonds is 15. The summed E-state index contributed by atoms with van der Waals surface area (Å²) in [6, 6.07) is 15.6. The third kappa shape index (κ3) is 11.2. The van der Waals surface area contributed by atoms with Gasteiger partial charge in [-0.3, -0.25) is 19.2 Å². The molecule has 0 aliphatic carbocycles. The number of methoxy groups -OCH3 is 1. The Labute approximate surface area is 382 Å². The molecule has 6 rings (SSSR count). The summed E-state index contributed by atoms with van der Waals surface area (Å²) < 4.78 is 45.7. The molecule has 0 bridgehead atoms. The van der Waals surface area contributed by atoms with Gasteiger partial charge in [0.05, 0.1) is 24.8 Å². The number of hydrogen-bond donors (Lipinski definition) is 5. The van der Waals surface area contributed by atoms with E-state index in [0.717, 1.165) is 23.3 Å². The zero-order chi connectivity index (χ0) is 47.9. The van der Waals surface area contributed by atoms with Crippen molar-refractivity contribution in [1.29, 1.82) is 0 Å². The van der Waals surface area contributed by atoms with Crippen molar-refractivity contribution in [2.24, 2.45) is 11.8 Å². The molecule has 1 unspecified atom stereocenters. The summed E-state index contributed by atoms with van der Waals surface area (Å²) in [5, 5.41) is 20.2. The van der Waals surface area contributed by atoms with E-state index in [9.17, 15) is 47.0 Å². The minimum Gasteiger partial charge on any atom is -0.465 e. The predicted octanol–water partition coefficient (Wildman–Crippen LogP) is 8.10. The fraction of sp³-hybridized carbons (Fsp3) is 0.500. The molecule has 15 nitrogen and oxygen atoms in total. The first-order valence-electron chi connectivity index (χ1n) is 22.7. The van der Waals surface area contributed by atoms with Gasteiger partial charge in [0, 0.05) is 30.2 Å². The number of carbonyl (C=O) groups is 6. The number of anilines is 3. The van der Waals surface area contributed by atoms with Crippen molar-refractivity contribution >= 4 is 52.9 Å². The Kier molecular flexibility index (Phi) is 15.9. The quantitative estimate of drug-likeness (QED) is 0.100. The summed E-state index contributed by atoms with van der Waals surface area (Å²) >= 11 is 0. The summed E-state index contributed by atoms with van der Waals surface area (Å²) in [5.74, 6) is -2.03. The van der Waals surface area contributed by atoms with Crippen molar-refractivity contribution in [3.63, 3.8) is 0 Å². The lowest BCUT2D eigenvalue weighted by molar-refractivity contribution is -0.139. The smallest absolute Gasteiger partial charge is 0.416 e. The van der Waals surface area contributed by atoms with E-state index >= 15 is 0 Å². The predicted molar refractivity (Wildman–Crippen MR) is 241 cm³/mol. The Morgan fingerprint density at radius 1 is 0.667 bits per heavy atom. The number of nitrogens with zero attached hydrogens (tertiary/aromatic N) is 3. The molecule has 8 atom stereocenters. The number of alkyl carbamates (subject to hydrolysis) is 1. The SMILES string of the molecule is CC[C@H](C)[C@H](NC(=O)OC)C(=O)N1CCCC1C(=O)Nc1ccc([C@H]2CC[C@H](c3ccc(NC(=O)[C@@H]4CCCN4C(=O)[C@@H](NC(=O)O)[C@@H](C)CC)cc3)N2c2ccc(C(F)(F)F)cc2)cc1.